The highest BCUT2D eigenvalue weighted by Gasteiger charge is 2.34. The lowest BCUT2D eigenvalue weighted by Gasteiger charge is -2.15. The third kappa shape index (κ3) is 3.57. The normalized spacial score (nSPS) is 16.0. The molecule has 0 aliphatic heterocycles. The van der Waals surface area contributed by atoms with Crippen molar-refractivity contribution < 1.29 is 21.6 Å². The fourth-order valence-electron chi connectivity index (χ4n) is 3.10. The van der Waals surface area contributed by atoms with E-state index in [0.717, 1.165) is 17.4 Å². The molecule has 156 valence electrons. The lowest BCUT2D eigenvalue weighted by molar-refractivity contribution is 0.150. The van der Waals surface area contributed by atoms with Crippen molar-refractivity contribution in [2.75, 3.05) is 6.67 Å². The van der Waals surface area contributed by atoms with Gasteiger partial charge in [0.25, 0.3) is 6.43 Å². The standard InChI is InChI=1S/C16H16F3N5O3S2/c1-23-11-5-4-9(29(26,27)22-10(7-17)8-2-3-8)6-12(11)24(16(23)25)15-21-20-14(28-15)13(18)19/h4-6,8,10,13,22H,2-3,7H2,1H3. The first-order valence-corrected chi connectivity index (χ1v) is 10.9. The molecule has 0 spiro atoms. The van der Waals surface area contributed by atoms with E-state index < -0.39 is 39.9 Å². The van der Waals surface area contributed by atoms with E-state index in [1.165, 1.54) is 29.8 Å². The van der Waals surface area contributed by atoms with Crippen LogP contribution < -0.4 is 10.4 Å². The second kappa shape index (κ2) is 7.22. The van der Waals surface area contributed by atoms with E-state index in [0.29, 0.717) is 16.9 Å². The molecule has 1 unspecified atom stereocenters. The molecule has 1 atom stereocenters. The first-order chi connectivity index (χ1) is 13.7. The number of alkyl halides is 3. The van der Waals surface area contributed by atoms with E-state index in [-0.39, 0.29) is 21.5 Å². The van der Waals surface area contributed by atoms with Crippen LogP contribution in [-0.2, 0) is 17.1 Å². The average molecular weight is 447 g/mol. The molecule has 0 amide bonds. The van der Waals surface area contributed by atoms with Crippen LogP contribution in [-0.4, -0.2) is 40.5 Å². The van der Waals surface area contributed by atoms with E-state index in [4.69, 9.17) is 0 Å². The number of sulfonamides is 1. The number of fused-ring (bicyclic) bond motifs is 1. The first kappa shape index (κ1) is 20.0. The van der Waals surface area contributed by atoms with Gasteiger partial charge in [-0.25, -0.2) is 35.7 Å². The Hall–Kier alpha value is -2.25. The summed E-state index contributed by atoms with van der Waals surface area (Å²) >= 11 is 0.539. The molecule has 1 aromatic carbocycles. The zero-order chi connectivity index (χ0) is 20.9. The quantitative estimate of drug-likeness (QED) is 0.598. The predicted molar refractivity (Wildman–Crippen MR) is 99.7 cm³/mol. The van der Waals surface area contributed by atoms with Gasteiger partial charge < -0.3 is 0 Å². The third-order valence-electron chi connectivity index (χ3n) is 4.81. The Bertz CT molecular complexity index is 1230. The predicted octanol–water partition coefficient (Wildman–Crippen LogP) is 2.14. The minimum atomic E-state index is -4.05. The molecule has 3 aromatic rings. The molecule has 8 nitrogen and oxygen atoms in total. The highest BCUT2D eigenvalue weighted by Crippen LogP contribution is 2.34. The Morgan fingerprint density at radius 2 is 2.00 bits per heavy atom. The summed E-state index contributed by atoms with van der Waals surface area (Å²) in [5, 5.41) is 6.36. The summed E-state index contributed by atoms with van der Waals surface area (Å²) in [7, 11) is -2.58. The molecule has 1 aliphatic carbocycles. The largest absolute Gasteiger partial charge is 0.335 e. The number of benzene rings is 1. The van der Waals surface area contributed by atoms with Crippen LogP contribution in [0.2, 0.25) is 0 Å². The van der Waals surface area contributed by atoms with Crippen LogP contribution in [0.25, 0.3) is 16.2 Å². The summed E-state index contributed by atoms with van der Waals surface area (Å²) < 4.78 is 69.0. The van der Waals surface area contributed by atoms with Crippen molar-refractivity contribution in [3.63, 3.8) is 0 Å². The highest BCUT2D eigenvalue weighted by atomic mass is 32.2. The number of aryl methyl sites for hydroxylation is 1. The molecular formula is C16H16F3N5O3S2. The van der Waals surface area contributed by atoms with E-state index in [9.17, 15) is 26.4 Å². The van der Waals surface area contributed by atoms with Crippen molar-refractivity contribution in [2.24, 2.45) is 13.0 Å². The highest BCUT2D eigenvalue weighted by molar-refractivity contribution is 7.89. The summed E-state index contributed by atoms with van der Waals surface area (Å²) in [5.74, 6) is -0.0254. The van der Waals surface area contributed by atoms with Crippen molar-refractivity contribution in [1.29, 1.82) is 0 Å². The van der Waals surface area contributed by atoms with Gasteiger partial charge in [-0.3, -0.25) is 4.57 Å². The van der Waals surface area contributed by atoms with Crippen LogP contribution in [0.5, 0.6) is 0 Å². The molecule has 0 saturated heterocycles. The minimum Gasteiger partial charge on any atom is -0.295 e. The van der Waals surface area contributed by atoms with Crippen molar-refractivity contribution in [3.8, 4) is 5.13 Å². The van der Waals surface area contributed by atoms with Gasteiger partial charge in [0.15, 0.2) is 5.01 Å². The number of imidazole rings is 1. The molecule has 13 heteroatoms. The summed E-state index contributed by atoms with van der Waals surface area (Å²) in [4.78, 5) is 12.4. The molecule has 29 heavy (non-hydrogen) atoms. The van der Waals surface area contributed by atoms with Crippen molar-refractivity contribution in [2.45, 2.75) is 30.2 Å². The van der Waals surface area contributed by atoms with Crippen LogP contribution in [0.3, 0.4) is 0 Å². The van der Waals surface area contributed by atoms with Crippen LogP contribution in [0.1, 0.15) is 24.3 Å². The zero-order valence-corrected chi connectivity index (χ0v) is 16.7. The van der Waals surface area contributed by atoms with Gasteiger partial charge in [0.2, 0.25) is 15.2 Å². The van der Waals surface area contributed by atoms with Gasteiger partial charge in [-0.05, 0) is 37.0 Å². The van der Waals surface area contributed by atoms with Crippen molar-refractivity contribution in [3.05, 3.63) is 33.7 Å². The number of nitrogens with zero attached hydrogens (tertiary/aromatic N) is 4. The van der Waals surface area contributed by atoms with Gasteiger partial charge in [-0.15, -0.1) is 10.2 Å². The maximum atomic E-state index is 13.2. The Morgan fingerprint density at radius 1 is 1.28 bits per heavy atom. The van der Waals surface area contributed by atoms with Crippen LogP contribution >= 0.6 is 11.3 Å². The number of aromatic nitrogens is 4. The van der Waals surface area contributed by atoms with E-state index in [2.05, 4.69) is 14.9 Å². The molecule has 1 fully saturated rings. The molecular weight excluding hydrogens is 431 g/mol. The molecule has 1 N–H and O–H groups in total. The van der Waals surface area contributed by atoms with Gasteiger partial charge in [0, 0.05) is 7.05 Å². The molecule has 1 saturated carbocycles. The second-order valence-electron chi connectivity index (χ2n) is 6.77. The van der Waals surface area contributed by atoms with Crippen molar-refractivity contribution >= 4 is 32.4 Å². The Kier molecular flexibility index (Phi) is 4.99. The molecule has 2 heterocycles. The van der Waals surface area contributed by atoms with Crippen LogP contribution in [0.15, 0.2) is 27.9 Å². The van der Waals surface area contributed by atoms with Gasteiger partial charge in [-0.2, -0.15) is 0 Å². The summed E-state index contributed by atoms with van der Waals surface area (Å²) in [6, 6.07) is 3.18. The Morgan fingerprint density at radius 3 is 2.59 bits per heavy atom. The fourth-order valence-corrected chi connectivity index (χ4v) is 5.11. The van der Waals surface area contributed by atoms with Gasteiger partial charge in [-0.1, -0.05) is 11.3 Å². The second-order valence-corrected chi connectivity index (χ2v) is 9.47. The molecule has 4 rings (SSSR count). The van der Waals surface area contributed by atoms with E-state index >= 15 is 0 Å². The zero-order valence-electron chi connectivity index (χ0n) is 15.0. The lowest BCUT2D eigenvalue weighted by Crippen LogP contribution is -2.37. The molecule has 0 bridgehead atoms. The molecule has 1 aliphatic rings. The fraction of sp³-hybridized carbons (Fsp3) is 0.438. The molecule has 0 radical (unpaired) electrons. The number of rotatable bonds is 7. The Labute approximate surface area is 167 Å². The monoisotopic (exact) mass is 447 g/mol. The number of nitrogens with one attached hydrogen (secondary N) is 1. The number of hydrogen-bond donors (Lipinski definition) is 1. The number of halogens is 3. The number of hydrogen-bond acceptors (Lipinski definition) is 6. The van der Waals surface area contributed by atoms with E-state index in [1.54, 1.807) is 0 Å². The third-order valence-corrected chi connectivity index (χ3v) is 7.21. The SMILES string of the molecule is Cn1c(=O)n(-c2nnc(C(F)F)s2)c2cc(S(=O)(=O)NC(CF)C3CC3)ccc21. The topological polar surface area (TPSA) is 98.9 Å². The van der Waals surface area contributed by atoms with E-state index in [1.807, 2.05) is 0 Å². The van der Waals surface area contributed by atoms with Gasteiger partial charge >= 0.3 is 5.69 Å². The Balaban J connectivity index is 1.81. The average Bonchev–Trinajstić information content (AvgIpc) is 3.36. The maximum Gasteiger partial charge on any atom is 0.335 e. The smallest absolute Gasteiger partial charge is 0.295 e. The van der Waals surface area contributed by atoms with Gasteiger partial charge in [0.05, 0.1) is 22.0 Å². The molecule has 2 aromatic heterocycles. The summed E-state index contributed by atoms with van der Waals surface area (Å²) in [6.07, 6.45) is -1.32. The first-order valence-electron chi connectivity index (χ1n) is 8.64. The van der Waals surface area contributed by atoms with Gasteiger partial charge in [0.1, 0.15) is 6.67 Å². The van der Waals surface area contributed by atoms with Crippen molar-refractivity contribution in [1.82, 2.24) is 24.1 Å². The maximum absolute atomic E-state index is 13.2. The summed E-state index contributed by atoms with van der Waals surface area (Å²) in [5.41, 5.74) is -0.0355. The minimum absolute atomic E-state index is 0.0254. The van der Waals surface area contributed by atoms with Crippen LogP contribution in [0, 0.1) is 5.92 Å². The van der Waals surface area contributed by atoms with Crippen LogP contribution in [0.4, 0.5) is 13.2 Å². The lowest BCUT2D eigenvalue weighted by atomic mass is 10.2. The summed E-state index contributed by atoms with van der Waals surface area (Å²) in [6.45, 7) is -0.816.